The van der Waals surface area contributed by atoms with Gasteiger partial charge in [-0.3, -0.25) is 4.57 Å². The quantitative estimate of drug-likeness (QED) is 0.782. The van der Waals surface area contributed by atoms with Crippen LogP contribution in [0.2, 0.25) is 0 Å². The van der Waals surface area contributed by atoms with Gasteiger partial charge in [0.15, 0.2) is 6.23 Å². The molecule has 3 N–H and O–H groups in total. The van der Waals surface area contributed by atoms with Crippen LogP contribution in [0.5, 0.6) is 0 Å². The average molecular weight is 321 g/mol. The van der Waals surface area contributed by atoms with Crippen LogP contribution in [0.25, 0.3) is 11.0 Å². The molecule has 2 aromatic heterocycles. The number of fused-ring (bicyclic) bond motifs is 1. The molecule has 1 unspecified atom stereocenters. The number of rotatable bonds is 4. The molecule has 1 fully saturated rings. The molecule has 0 bridgehead atoms. The number of aliphatic hydroxyl groups is 2. The number of aromatic amines is 1. The van der Waals surface area contributed by atoms with Gasteiger partial charge in [-0.2, -0.15) is 4.98 Å². The monoisotopic (exact) mass is 321 g/mol. The van der Waals surface area contributed by atoms with E-state index in [4.69, 9.17) is 4.74 Å². The molecule has 0 amide bonds. The lowest BCUT2D eigenvalue weighted by molar-refractivity contribution is -0.0451. The summed E-state index contributed by atoms with van der Waals surface area (Å²) in [4.78, 5) is 19.2. The first-order valence-corrected chi connectivity index (χ1v) is 8.00. The van der Waals surface area contributed by atoms with Crippen LogP contribution in [-0.2, 0) is 4.74 Å². The maximum atomic E-state index is 12.2. The summed E-state index contributed by atoms with van der Waals surface area (Å²) in [6.45, 7) is 6.01. The second-order valence-corrected chi connectivity index (χ2v) is 6.48. The molecule has 0 aromatic carbocycles. The van der Waals surface area contributed by atoms with E-state index in [1.165, 1.54) is 4.57 Å². The van der Waals surface area contributed by atoms with Crippen LogP contribution >= 0.6 is 0 Å². The first-order valence-electron chi connectivity index (χ1n) is 8.00. The van der Waals surface area contributed by atoms with Gasteiger partial charge in [0.1, 0.15) is 17.9 Å². The van der Waals surface area contributed by atoms with E-state index in [-0.39, 0.29) is 0 Å². The zero-order chi connectivity index (χ0) is 16.7. The third-order valence-electron chi connectivity index (χ3n) is 4.61. The Morgan fingerprint density at radius 1 is 1.43 bits per heavy atom. The molecule has 0 radical (unpaired) electrons. The SMILES string of the molecule is CCC(C)C[C@H]1O[C@@H](n2cc3cc(C)[nH]c3nc2=O)[C@H](O)[C@@H]1O. The standard InChI is InChI=1S/C16H23N3O4/c1-4-8(2)5-11-12(20)13(21)15(23-11)19-7-10-6-9(3)17-14(10)18-16(19)22/h6-8,11-13,15,20-21H,4-5H2,1-3H3,(H,17,18,22)/t8?,11-,12-,13-,15-/m1/s1. The highest BCUT2D eigenvalue weighted by Crippen LogP contribution is 2.32. The Labute approximate surface area is 133 Å². The maximum Gasteiger partial charge on any atom is 0.351 e. The van der Waals surface area contributed by atoms with Gasteiger partial charge in [-0.1, -0.05) is 20.3 Å². The zero-order valence-electron chi connectivity index (χ0n) is 13.6. The van der Waals surface area contributed by atoms with Gasteiger partial charge in [-0.15, -0.1) is 0 Å². The van der Waals surface area contributed by atoms with E-state index >= 15 is 0 Å². The summed E-state index contributed by atoms with van der Waals surface area (Å²) in [7, 11) is 0. The minimum Gasteiger partial charge on any atom is -0.388 e. The summed E-state index contributed by atoms with van der Waals surface area (Å²) in [5.41, 5.74) is 0.889. The Kier molecular flexibility index (Phi) is 4.27. The van der Waals surface area contributed by atoms with Gasteiger partial charge >= 0.3 is 5.69 Å². The van der Waals surface area contributed by atoms with Gasteiger partial charge in [0.2, 0.25) is 0 Å². The predicted octanol–water partition coefficient (Wildman–Crippen LogP) is 1.09. The van der Waals surface area contributed by atoms with Crippen molar-refractivity contribution in [1.29, 1.82) is 0 Å². The highest BCUT2D eigenvalue weighted by Gasteiger charge is 2.44. The van der Waals surface area contributed by atoms with Crippen LogP contribution in [0.4, 0.5) is 0 Å². The van der Waals surface area contributed by atoms with Crippen molar-refractivity contribution >= 4 is 11.0 Å². The molecule has 0 saturated carbocycles. The lowest BCUT2D eigenvalue weighted by atomic mass is 9.97. The van der Waals surface area contributed by atoms with Crippen molar-refractivity contribution in [2.75, 3.05) is 0 Å². The molecule has 1 saturated heterocycles. The van der Waals surface area contributed by atoms with E-state index in [0.717, 1.165) is 17.5 Å². The number of ether oxygens (including phenoxy) is 1. The van der Waals surface area contributed by atoms with E-state index in [2.05, 4.69) is 23.8 Å². The number of hydrogen-bond donors (Lipinski definition) is 3. The Hall–Kier alpha value is -1.70. The largest absolute Gasteiger partial charge is 0.388 e. The van der Waals surface area contributed by atoms with E-state index < -0.39 is 30.2 Å². The van der Waals surface area contributed by atoms with Crippen LogP contribution < -0.4 is 5.69 Å². The maximum absolute atomic E-state index is 12.2. The number of aromatic nitrogens is 3. The molecule has 1 aliphatic heterocycles. The third-order valence-corrected chi connectivity index (χ3v) is 4.61. The topological polar surface area (TPSA) is 100 Å². The molecule has 3 heterocycles. The van der Waals surface area contributed by atoms with E-state index in [9.17, 15) is 15.0 Å². The van der Waals surface area contributed by atoms with Crippen molar-refractivity contribution < 1.29 is 14.9 Å². The fourth-order valence-electron chi connectivity index (χ4n) is 3.05. The summed E-state index contributed by atoms with van der Waals surface area (Å²) in [6, 6.07) is 1.87. The van der Waals surface area contributed by atoms with Gasteiger partial charge in [-0.05, 0) is 25.3 Å². The van der Waals surface area contributed by atoms with Gasteiger partial charge in [0.25, 0.3) is 0 Å². The molecule has 7 nitrogen and oxygen atoms in total. The first-order chi connectivity index (χ1) is 10.9. The number of H-pyrrole nitrogens is 1. The second kappa shape index (κ2) is 6.07. The van der Waals surface area contributed by atoms with Crippen molar-refractivity contribution in [2.45, 2.75) is 58.2 Å². The average Bonchev–Trinajstić information content (AvgIpc) is 2.99. The van der Waals surface area contributed by atoms with Gasteiger partial charge in [0, 0.05) is 17.3 Å². The number of hydrogen-bond acceptors (Lipinski definition) is 5. The molecule has 7 heteroatoms. The van der Waals surface area contributed by atoms with Gasteiger partial charge in [0.05, 0.1) is 6.10 Å². The van der Waals surface area contributed by atoms with Crippen molar-refractivity contribution in [3.05, 3.63) is 28.4 Å². The Balaban J connectivity index is 1.92. The summed E-state index contributed by atoms with van der Waals surface area (Å²) < 4.78 is 7.06. The number of aryl methyl sites for hydroxylation is 1. The first kappa shape index (κ1) is 16.2. The number of nitrogens with one attached hydrogen (secondary N) is 1. The van der Waals surface area contributed by atoms with Crippen molar-refractivity contribution in [2.24, 2.45) is 5.92 Å². The highest BCUT2D eigenvalue weighted by atomic mass is 16.6. The summed E-state index contributed by atoms with van der Waals surface area (Å²) in [6.07, 6.45) is -0.354. The molecule has 23 heavy (non-hydrogen) atoms. The fraction of sp³-hybridized carbons (Fsp3) is 0.625. The van der Waals surface area contributed by atoms with Crippen LogP contribution in [0.3, 0.4) is 0 Å². The van der Waals surface area contributed by atoms with Crippen molar-refractivity contribution in [1.82, 2.24) is 14.5 Å². The number of nitrogens with zero attached hydrogens (tertiary/aromatic N) is 2. The Morgan fingerprint density at radius 3 is 2.87 bits per heavy atom. The minimum atomic E-state index is -1.15. The van der Waals surface area contributed by atoms with Gasteiger partial charge < -0.3 is 19.9 Å². The summed E-state index contributed by atoms with van der Waals surface area (Å²) in [5.74, 6) is 0.366. The predicted molar refractivity (Wildman–Crippen MR) is 85.1 cm³/mol. The molecule has 3 rings (SSSR count). The van der Waals surface area contributed by atoms with Crippen LogP contribution in [0.15, 0.2) is 17.1 Å². The van der Waals surface area contributed by atoms with Crippen molar-refractivity contribution in [3.63, 3.8) is 0 Å². The lowest BCUT2D eigenvalue weighted by Gasteiger charge is -2.18. The molecule has 0 aliphatic carbocycles. The molecular formula is C16H23N3O4. The number of aliphatic hydroxyl groups excluding tert-OH is 2. The highest BCUT2D eigenvalue weighted by molar-refractivity contribution is 5.75. The molecule has 126 valence electrons. The Morgan fingerprint density at radius 2 is 2.17 bits per heavy atom. The third kappa shape index (κ3) is 2.91. The molecule has 0 spiro atoms. The van der Waals surface area contributed by atoms with Crippen LogP contribution in [-0.4, -0.2) is 43.1 Å². The van der Waals surface area contributed by atoms with E-state index in [0.29, 0.717) is 18.0 Å². The van der Waals surface area contributed by atoms with Crippen LogP contribution in [0.1, 0.15) is 38.6 Å². The molecule has 2 aromatic rings. The fourth-order valence-corrected chi connectivity index (χ4v) is 3.05. The molecule has 1 aliphatic rings. The van der Waals surface area contributed by atoms with Crippen LogP contribution in [0, 0.1) is 12.8 Å². The van der Waals surface area contributed by atoms with E-state index in [1.807, 2.05) is 13.0 Å². The molecule has 5 atom stereocenters. The normalized spacial score (nSPS) is 29.3. The second-order valence-electron chi connectivity index (χ2n) is 6.48. The summed E-state index contributed by atoms with van der Waals surface area (Å²) in [5, 5.41) is 21.3. The smallest absolute Gasteiger partial charge is 0.351 e. The van der Waals surface area contributed by atoms with E-state index in [1.54, 1.807) is 6.20 Å². The zero-order valence-corrected chi connectivity index (χ0v) is 13.6. The van der Waals surface area contributed by atoms with Crippen molar-refractivity contribution in [3.8, 4) is 0 Å². The Bertz CT molecular complexity index is 753. The van der Waals surface area contributed by atoms with Gasteiger partial charge in [-0.25, -0.2) is 4.79 Å². The minimum absolute atomic E-state index is 0.366. The molecular weight excluding hydrogens is 298 g/mol. The summed E-state index contributed by atoms with van der Waals surface area (Å²) >= 11 is 0. The lowest BCUT2D eigenvalue weighted by Crippen LogP contribution is -2.35.